The molecule has 0 bridgehead atoms. The second kappa shape index (κ2) is 10.3. The molecule has 2 rings (SSSR count). The first-order valence-corrected chi connectivity index (χ1v) is 8.22. The van der Waals surface area contributed by atoms with Crippen molar-refractivity contribution in [3.63, 3.8) is 0 Å². The highest BCUT2D eigenvalue weighted by Gasteiger charge is 2.10. The number of fused-ring (bicyclic) bond motifs is 1. The van der Waals surface area contributed by atoms with E-state index in [-0.39, 0.29) is 36.4 Å². The summed E-state index contributed by atoms with van der Waals surface area (Å²) in [7, 11) is 3.45. The van der Waals surface area contributed by atoms with E-state index in [9.17, 15) is 4.79 Å². The van der Waals surface area contributed by atoms with Crippen LogP contribution in [-0.4, -0.2) is 44.0 Å². The summed E-state index contributed by atoms with van der Waals surface area (Å²) in [4.78, 5) is 17.6. The second-order valence-electron chi connectivity index (χ2n) is 5.88. The average Bonchev–Trinajstić information content (AvgIpc) is 2.90. The lowest BCUT2D eigenvalue weighted by molar-refractivity contribution is -0.127. The van der Waals surface area contributed by atoms with E-state index in [1.54, 1.807) is 14.1 Å². The van der Waals surface area contributed by atoms with Crippen molar-refractivity contribution in [3.8, 4) is 0 Å². The zero-order valence-electron chi connectivity index (χ0n) is 15.3. The fraction of sp³-hybridized carbons (Fsp3) is 0.444. The van der Waals surface area contributed by atoms with Gasteiger partial charge in [-0.2, -0.15) is 0 Å². The van der Waals surface area contributed by atoms with Gasteiger partial charge in [-0.3, -0.25) is 4.79 Å². The molecule has 138 valence electrons. The maximum absolute atomic E-state index is 11.7. The number of carbonyl (C=O) groups is 1. The summed E-state index contributed by atoms with van der Waals surface area (Å²) in [6.45, 7) is 5.56. The van der Waals surface area contributed by atoms with Gasteiger partial charge in [-0.05, 0) is 19.4 Å². The van der Waals surface area contributed by atoms with Crippen molar-refractivity contribution in [1.82, 2.24) is 15.5 Å². The number of aliphatic imine (C=N–C) groups is 1. The van der Waals surface area contributed by atoms with Gasteiger partial charge in [0.1, 0.15) is 17.9 Å². The van der Waals surface area contributed by atoms with Crippen molar-refractivity contribution in [3.05, 3.63) is 35.6 Å². The molecule has 0 spiro atoms. The molecule has 1 aromatic heterocycles. The third kappa shape index (κ3) is 5.91. The van der Waals surface area contributed by atoms with Crippen LogP contribution in [0.25, 0.3) is 11.0 Å². The van der Waals surface area contributed by atoms with Crippen molar-refractivity contribution < 1.29 is 9.21 Å². The van der Waals surface area contributed by atoms with Crippen molar-refractivity contribution in [2.45, 2.75) is 26.8 Å². The Balaban J connectivity index is 0.00000312. The number of amides is 1. The minimum absolute atomic E-state index is 0. The number of carbonyl (C=O) groups excluding carboxylic acids is 1. The molecule has 0 saturated carbocycles. The summed E-state index contributed by atoms with van der Waals surface area (Å²) >= 11 is 0. The molecular weight excluding hydrogens is 431 g/mol. The number of hydrogen-bond acceptors (Lipinski definition) is 3. The summed E-state index contributed by atoms with van der Waals surface area (Å²) in [6.07, 6.45) is 0.978. The van der Waals surface area contributed by atoms with Crippen LogP contribution in [0.15, 0.2) is 33.7 Å². The molecule has 0 fully saturated rings. The monoisotopic (exact) mass is 458 g/mol. The number of halogens is 1. The number of furan rings is 1. The molecule has 1 heterocycles. The predicted octanol–water partition coefficient (Wildman–Crippen LogP) is 2.89. The number of benzene rings is 1. The number of aryl methyl sites for hydroxylation is 1. The van der Waals surface area contributed by atoms with Crippen LogP contribution in [-0.2, 0) is 11.3 Å². The van der Waals surface area contributed by atoms with Crippen LogP contribution in [0.3, 0.4) is 0 Å². The van der Waals surface area contributed by atoms with Gasteiger partial charge < -0.3 is 20.0 Å². The van der Waals surface area contributed by atoms with Gasteiger partial charge in [0.15, 0.2) is 5.96 Å². The Morgan fingerprint density at radius 1 is 1.24 bits per heavy atom. The minimum Gasteiger partial charge on any atom is -0.459 e. The van der Waals surface area contributed by atoms with Gasteiger partial charge in [0.2, 0.25) is 5.91 Å². The van der Waals surface area contributed by atoms with E-state index in [2.05, 4.69) is 35.5 Å². The van der Waals surface area contributed by atoms with Crippen LogP contribution in [0.2, 0.25) is 0 Å². The highest BCUT2D eigenvalue weighted by molar-refractivity contribution is 14.0. The quantitative estimate of drug-likeness (QED) is 0.397. The number of guanidine groups is 1. The standard InChI is InChI=1S/C18H26N4O2.HI/c1-5-10-19-18(21-12-17(23)22(3)4)20-11-16-13(2)14-8-6-7-9-15(14)24-16;/h6-9H,5,10-12H2,1-4H3,(H2,19,20,21);1H. The van der Waals surface area contributed by atoms with Crippen LogP contribution in [0.4, 0.5) is 0 Å². The van der Waals surface area contributed by atoms with Gasteiger partial charge in [-0.15, -0.1) is 24.0 Å². The largest absolute Gasteiger partial charge is 0.459 e. The first kappa shape index (κ1) is 21.3. The Labute approximate surface area is 166 Å². The Morgan fingerprint density at radius 2 is 1.96 bits per heavy atom. The van der Waals surface area contributed by atoms with Gasteiger partial charge in [-0.1, -0.05) is 25.1 Å². The minimum atomic E-state index is -0.0347. The summed E-state index contributed by atoms with van der Waals surface area (Å²) in [6, 6.07) is 7.99. The lowest BCUT2D eigenvalue weighted by atomic mass is 10.1. The summed E-state index contributed by atoms with van der Waals surface area (Å²) in [5.41, 5.74) is 2.01. The molecule has 0 unspecified atom stereocenters. The van der Waals surface area contributed by atoms with Crippen LogP contribution in [0.1, 0.15) is 24.7 Å². The Kier molecular flexibility index (Phi) is 8.74. The number of hydrogen-bond donors (Lipinski definition) is 2. The van der Waals surface area contributed by atoms with Crippen molar-refractivity contribution in [2.24, 2.45) is 4.99 Å². The van der Waals surface area contributed by atoms with E-state index in [1.165, 1.54) is 4.90 Å². The second-order valence-corrected chi connectivity index (χ2v) is 5.88. The van der Waals surface area contributed by atoms with E-state index in [4.69, 9.17) is 4.42 Å². The van der Waals surface area contributed by atoms with Crippen molar-refractivity contribution >= 4 is 46.8 Å². The fourth-order valence-corrected chi connectivity index (χ4v) is 2.26. The molecule has 2 aromatic rings. The molecule has 1 amide bonds. The third-order valence-corrected chi connectivity index (χ3v) is 3.77. The first-order valence-electron chi connectivity index (χ1n) is 8.22. The van der Waals surface area contributed by atoms with Crippen molar-refractivity contribution in [1.29, 1.82) is 0 Å². The molecule has 0 aliphatic rings. The maximum Gasteiger partial charge on any atom is 0.243 e. The number of nitrogens with one attached hydrogen (secondary N) is 2. The normalized spacial score (nSPS) is 11.1. The number of likely N-dealkylation sites (N-methyl/N-ethyl adjacent to an activating group) is 1. The lowest BCUT2D eigenvalue weighted by Crippen LogP contribution is -2.38. The third-order valence-electron chi connectivity index (χ3n) is 3.77. The zero-order chi connectivity index (χ0) is 17.5. The number of nitrogens with zero attached hydrogens (tertiary/aromatic N) is 2. The molecule has 1 aromatic carbocycles. The fourth-order valence-electron chi connectivity index (χ4n) is 2.26. The van der Waals surface area contributed by atoms with E-state index < -0.39 is 0 Å². The smallest absolute Gasteiger partial charge is 0.243 e. The Morgan fingerprint density at radius 3 is 2.60 bits per heavy atom. The summed E-state index contributed by atoms with van der Waals surface area (Å²) in [5, 5.41) is 7.58. The molecule has 2 N–H and O–H groups in total. The van der Waals surface area contributed by atoms with Crippen LogP contribution in [0, 0.1) is 6.92 Å². The molecule has 0 aliphatic heterocycles. The SMILES string of the molecule is CCCNC(=NCC(=O)N(C)C)NCc1oc2ccccc2c1C.I. The zero-order valence-corrected chi connectivity index (χ0v) is 17.6. The van der Waals surface area contributed by atoms with Crippen LogP contribution < -0.4 is 10.6 Å². The predicted molar refractivity (Wildman–Crippen MR) is 112 cm³/mol. The van der Waals surface area contributed by atoms with Crippen LogP contribution in [0.5, 0.6) is 0 Å². The Hall–Kier alpha value is -1.77. The van der Waals surface area contributed by atoms with Gasteiger partial charge >= 0.3 is 0 Å². The Bertz CT molecular complexity index is 725. The summed E-state index contributed by atoms with van der Waals surface area (Å²) < 4.78 is 5.90. The van der Waals surface area contributed by atoms with E-state index in [0.29, 0.717) is 12.5 Å². The number of para-hydroxylation sites is 1. The molecule has 0 radical (unpaired) electrons. The molecule has 25 heavy (non-hydrogen) atoms. The summed E-state index contributed by atoms with van der Waals surface area (Å²) in [5.74, 6) is 1.46. The highest BCUT2D eigenvalue weighted by atomic mass is 127. The lowest BCUT2D eigenvalue weighted by Gasteiger charge is -2.12. The molecule has 7 heteroatoms. The first-order chi connectivity index (χ1) is 11.5. The maximum atomic E-state index is 11.7. The molecule has 0 aliphatic carbocycles. The topological polar surface area (TPSA) is 69.9 Å². The van der Waals surface area contributed by atoms with Crippen molar-refractivity contribution in [2.75, 3.05) is 27.2 Å². The van der Waals surface area contributed by atoms with Gasteiger partial charge in [0, 0.05) is 31.6 Å². The highest BCUT2D eigenvalue weighted by Crippen LogP contribution is 2.24. The van der Waals surface area contributed by atoms with E-state index in [1.807, 2.05) is 18.2 Å². The molecule has 0 atom stereocenters. The number of rotatable bonds is 6. The average molecular weight is 458 g/mol. The molecule has 0 saturated heterocycles. The molecule has 6 nitrogen and oxygen atoms in total. The van der Waals surface area contributed by atoms with Gasteiger partial charge in [0.05, 0.1) is 6.54 Å². The van der Waals surface area contributed by atoms with Crippen LogP contribution >= 0.6 is 24.0 Å². The van der Waals surface area contributed by atoms with E-state index >= 15 is 0 Å². The van der Waals surface area contributed by atoms with E-state index in [0.717, 1.165) is 35.3 Å². The van der Waals surface area contributed by atoms with Gasteiger partial charge in [-0.25, -0.2) is 4.99 Å². The van der Waals surface area contributed by atoms with Gasteiger partial charge in [0.25, 0.3) is 0 Å². The molecular formula is C18H27IN4O2.